The molecule has 21 heavy (non-hydrogen) atoms. The summed E-state index contributed by atoms with van der Waals surface area (Å²) in [5, 5.41) is 5.27. The lowest BCUT2D eigenvalue weighted by molar-refractivity contribution is -0.153. The third-order valence-electron chi connectivity index (χ3n) is 2.60. The molecular formula is C12H20F3N3O3. The first-order chi connectivity index (χ1) is 9.49. The summed E-state index contributed by atoms with van der Waals surface area (Å²) >= 11 is 0. The monoisotopic (exact) mass is 311 g/mol. The molecule has 2 N–H and O–H groups in total. The normalized spacial score (nSPS) is 20.5. The molecule has 0 aromatic rings. The smallest absolute Gasteiger partial charge is 0.411 e. The molecule has 0 aliphatic carbocycles. The van der Waals surface area contributed by atoms with E-state index >= 15 is 0 Å². The Kier molecular flexibility index (Phi) is 5.43. The maximum absolute atomic E-state index is 12.7. The average Bonchev–Trinajstić information content (AvgIpc) is 2.47. The Labute approximate surface area is 121 Å². The van der Waals surface area contributed by atoms with Gasteiger partial charge in [-0.3, -0.25) is 9.69 Å². The van der Waals surface area contributed by atoms with Crippen molar-refractivity contribution >= 4 is 12.0 Å². The summed E-state index contributed by atoms with van der Waals surface area (Å²) in [4.78, 5) is 24.2. The quantitative estimate of drug-likeness (QED) is 0.794. The molecule has 1 atom stereocenters. The van der Waals surface area contributed by atoms with Crippen LogP contribution in [0.1, 0.15) is 20.8 Å². The molecule has 122 valence electrons. The fourth-order valence-electron chi connectivity index (χ4n) is 1.79. The van der Waals surface area contributed by atoms with E-state index in [1.54, 1.807) is 20.8 Å². The number of amides is 2. The minimum atomic E-state index is -4.62. The van der Waals surface area contributed by atoms with Gasteiger partial charge in [0.15, 0.2) is 0 Å². The standard InChI is InChI=1S/C12H20F3N3O3/c1-11(2,3)21-10(20)18(7-12(13,14)15)8-6-16-4-5-17-9(8)19/h8,16H,4-7H2,1-3H3,(H,17,19). The second-order valence-corrected chi connectivity index (χ2v) is 5.73. The van der Waals surface area contributed by atoms with Crippen molar-refractivity contribution in [1.29, 1.82) is 0 Å². The van der Waals surface area contributed by atoms with Crippen LogP contribution in [0.5, 0.6) is 0 Å². The number of ether oxygens (including phenoxy) is 1. The summed E-state index contributed by atoms with van der Waals surface area (Å²) in [5.74, 6) is -0.630. The van der Waals surface area contributed by atoms with Crippen molar-refractivity contribution in [2.24, 2.45) is 0 Å². The van der Waals surface area contributed by atoms with Crippen LogP contribution in [0.4, 0.5) is 18.0 Å². The van der Waals surface area contributed by atoms with Gasteiger partial charge in [0.2, 0.25) is 5.91 Å². The van der Waals surface area contributed by atoms with Crippen molar-refractivity contribution in [2.75, 3.05) is 26.2 Å². The number of alkyl halides is 3. The van der Waals surface area contributed by atoms with Crippen molar-refractivity contribution in [3.8, 4) is 0 Å². The zero-order chi connectivity index (χ0) is 16.3. The van der Waals surface area contributed by atoms with Crippen LogP contribution in [0, 0.1) is 0 Å². The van der Waals surface area contributed by atoms with Crippen LogP contribution in [-0.4, -0.2) is 60.9 Å². The number of halogens is 3. The Morgan fingerprint density at radius 1 is 1.33 bits per heavy atom. The zero-order valence-corrected chi connectivity index (χ0v) is 12.2. The van der Waals surface area contributed by atoms with Crippen LogP contribution in [-0.2, 0) is 9.53 Å². The SMILES string of the molecule is CC(C)(C)OC(=O)N(CC(F)(F)F)C1CNCCNC1=O. The van der Waals surface area contributed by atoms with E-state index in [2.05, 4.69) is 10.6 Å². The summed E-state index contributed by atoms with van der Waals surface area (Å²) in [6.45, 7) is 3.76. The maximum atomic E-state index is 12.7. The molecule has 0 aromatic carbocycles. The number of hydrogen-bond acceptors (Lipinski definition) is 4. The molecule has 1 rings (SSSR count). The Hall–Kier alpha value is -1.51. The van der Waals surface area contributed by atoms with Crippen molar-refractivity contribution in [1.82, 2.24) is 15.5 Å². The van der Waals surface area contributed by atoms with Crippen molar-refractivity contribution < 1.29 is 27.5 Å². The molecule has 0 saturated carbocycles. The fourth-order valence-corrected chi connectivity index (χ4v) is 1.79. The number of hydrogen-bond donors (Lipinski definition) is 2. The van der Waals surface area contributed by atoms with E-state index in [0.29, 0.717) is 18.0 Å². The van der Waals surface area contributed by atoms with Crippen molar-refractivity contribution in [3.05, 3.63) is 0 Å². The molecule has 1 heterocycles. The minimum Gasteiger partial charge on any atom is -0.444 e. The molecule has 9 heteroatoms. The molecule has 0 radical (unpaired) electrons. The topological polar surface area (TPSA) is 70.7 Å². The van der Waals surface area contributed by atoms with Gasteiger partial charge in [0, 0.05) is 19.6 Å². The Bertz CT molecular complexity index is 393. The summed E-state index contributed by atoms with van der Waals surface area (Å²) in [6.07, 6.45) is -5.78. The number of carbonyl (C=O) groups excluding carboxylic acids is 2. The highest BCUT2D eigenvalue weighted by Gasteiger charge is 2.41. The van der Waals surface area contributed by atoms with Gasteiger partial charge in [-0.25, -0.2) is 4.79 Å². The molecule has 1 aliphatic heterocycles. The van der Waals surface area contributed by atoms with Gasteiger partial charge >= 0.3 is 12.3 Å². The molecule has 6 nitrogen and oxygen atoms in total. The summed E-state index contributed by atoms with van der Waals surface area (Å²) < 4.78 is 43.0. The van der Waals surface area contributed by atoms with Gasteiger partial charge in [-0.15, -0.1) is 0 Å². The van der Waals surface area contributed by atoms with E-state index in [9.17, 15) is 22.8 Å². The van der Waals surface area contributed by atoms with E-state index in [4.69, 9.17) is 4.74 Å². The lowest BCUT2D eigenvalue weighted by Gasteiger charge is -2.32. The highest BCUT2D eigenvalue weighted by Crippen LogP contribution is 2.21. The van der Waals surface area contributed by atoms with Gasteiger partial charge in [0.1, 0.15) is 18.2 Å². The number of nitrogens with zero attached hydrogens (tertiary/aromatic N) is 1. The minimum absolute atomic E-state index is 0.0544. The molecule has 1 aliphatic rings. The van der Waals surface area contributed by atoms with Crippen molar-refractivity contribution in [2.45, 2.75) is 38.6 Å². The van der Waals surface area contributed by atoms with Gasteiger partial charge in [0.05, 0.1) is 0 Å². The molecule has 0 aromatic heterocycles. The first-order valence-corrected chi connectivity index (χ1v) is 6.54. The Balaban J connectivity index is 2.94. The van der Waals surface area contributed by atoms with E-state index in [0.717, 1.165) is 0 Å². The van der Waals surface area contributed by atoms with Crippen molar-refractivity contribution in [3.63, 3.8) is 0 Å². The van der Waals surface area contributed by atoms with E-state index in [1.165, 1.54) is 0 Å². The van der Waals surface area contributed by atoms with Crippen LogP contribution in [0.2, 0.25) is 0 Å². The van der Waals surface area contributed by atoms with Gasteiger partial charge < -0.3 is 15.4 Å². The predicted molar refractivity (Wildman–Crippen MR) is 68.7 cm³/mol. The highest BCUT2D eigenvalue weighted by molar-refractivity contribution is 5.86. The van der Waals surface area contributed by atoms with Gasteiger partial charge in [-0.1, -0.05) is 0 Å². The van der Waals surface area contributed by atoms with E-state index in [-0.39, 0.29) is 6.54 Å². The maximum Gasteiger partial charge on any atom is 0.411 e. The van der Waals surface area contributed by atoms with Crippen LogP contribution < -0.4 is 10.6 Å². The molecule has 2 amide bonds. The molecule has 1 fully saturated rings. The third-order valence-corrected chi connectivity index (χ3v) is 2.60. The summed E-state index contributed by atoms with van der Waals surface area (Å²) in [7, 11) is 0. The Morgan fingerprint density at radius 2 is 1.95 bits per heavy atom. The fraction of sp³-hybridized carbons (Fsp3) is 0.833. The van der Waals surface area contributed by atoms with Gasteiger partial charge in [-0.2, -0.15) is 13.2 Å². The molecule has 1 saturated heterocycles. The van der Waals surface area contributed by atoms with E-state index < -0.39 is 36.4 Å². The molecule has 0 spiro atoms. The third kappa shape index (κ3) is 6.19. The summed E-state index contributed by atoms with van der Waals surface area (Å²) in [5.41, 5.74) is -0.949. The first kappa shape index (κ1) is 17.5. The van der Waals surface area contributed by atoms with E-state index in [1.807, 2.05) is 0 Å². The lowest BCUT2D eigenvalue weighted by Crippen LogP contribution is -2.55. The number of nitrogens with one attached hydrogen (secondary N) is 2. The number of carbonyl (C=O) groups is 2. The van der Waals surface area contributed by atoms with Crippen LogP contribution in [0.3, 0.4) is 0 Å². The largest absolute Gasteiger partial charge is 0.444 e. The Morgan fingerprint density at radius 3 is 2.48 bits per heavy atom. The van der Waals surface area contributed by atoms with Crippen LogP contribution in [0.25, 0.3) is 0 Å². The molecule has 0 bridgehead atoms. The summed E-state index contributed by atoms with van der Waals surface area (Å²) in [6, 6.07) is -1.26. The molecule has 1 unspecified atom stereocenters. The predicted octanol–water partition coefficient (Wildman–Crippen LogP) is 0.874. The van der Waals surface area contributed by atoms with Gasteiger partial charge in [0.25, 0.3) is 0 Å². The van der Waals surface area contributed by atoms with Crippen LogP contribution in [0.15, 0.2) is 0 Å². The first-order valence-electron chi connectivity index (χ1n) is 6.54. The second kappa shape index (κ2) is 6.50. The van der Waals surface area contributed by atoms with Crippen LogP contribution >= 0.6 is 0 Å². The second-order valence-electron chi connectivity index (χ2n) is 5.73. The zero-order valence-electron chi connectivity index (χ0n) is 12.2. The lowest BCUT2D eigenvalue weighted by atomic mass is 10.2. The number of rotatable bonds is 2. The average molecular weight is 311 g/mol. The molecular weight excluding hydrogens is 291 g/mol. The van der Waals surface area contributed by atoms with Gasteiger partial charge in [-0.05, 0) is 20.8 Å². The highest BCUT2D eigenvalue weighted by atomic mass is 19.4.